The van der Waals surface area contributed by atoms with Crippen LogP contribution in [0.3, 0.4) is 0 Å². The van der Waals surface area contributed by atoms with Gasteiger partial charge in [-0.2, -0.15) is 0 Å². The van der Waals surface area contributed by atoms with Crippen molar-refractivity contribution in [3.63, 3.8) is 0 Å². The second kappa shape index (κ2) is 12.1. The van der Waals surface area contributed by atoms with Gasteiger partial charge in [0.1, 0.15) is 0 Å². The van der Waals surface area contributed by atoms with Crippen LogP contribution in [-0.2, 0) is 0 Å². The van der Waals surface area contributed by atoms with Gasteiger partial charge < -0.3 is 9.64 Å². The molecular weight excluding hydrogens is 695 g/mol. The van der Waals surface area contributed by atoms with Gasteiger partial charge in [-0.15, -0.1) is 0 Å². The van der Waals surface area contributed by atoms with Gasteiger partial charge >= 0.3 is 0 Å². The lowest BCUT2D eigenvalue weighted by Crippen LogP contribution is -2.87. The van der Waals surface area contributed by atoms with E-state index in [1.807, 2.05) is 36.0 Å². The number of anilines is 3. The van der Waals surface area contributed by atoms with Crippen molar-refractivity contribution in [3.05, 3.63) is 194 Å². The third-order valence-corrected chi connectivity index (χ3v) is 20.9. The fourth-order valence-electron chi connectivity index (χ4n) is 8.85. The summed E-state index contributed by atoms with van der Waals surface area (Å²) in [6.45, 7) is 0. The van der Waals surface area contributed by atoms with Crippen molar-refractivity contribution in [1.82, 2.24) is 0 Å². The number of para-hydroxylation sites is 4. The van der Waals surface area contributed by atoms with Gasteiger partial charge in [0.15, 0.2) is 28.4 Å². The van der Waals surface area contributed by atoms with Crippen molar-refractivity contribution in [2.75, 3.05) is 4.90 Å². The van der Waals surface area contributed by atoms with E-state index in [4.69, 9.17) is 4.74 Å². The minimum Gasteiger partial charge on any atom is -0.453 e. The van der Waals surface area contributed by atoms with Gasteiger partial charge in [0, 0.05) is 15.5 Å². The second-order valence-corrected chi connectivity index (χ2v) is 21.0. The Balaban J connectivity index is 1.13. The molecule has 11 rings (SSSR count). The Morgan fingerprint density at radius 2 is 0.962 bits per heavy atom. The monoisotopic (exact) mass is 726 g/mol. The molecule has 1 spiro atoms. The van der Waals surface area contributed by atoms with E-state index < -0.39 is 16.9 Å². The molecule has 3 aliphatic rings. The molecule has 0 amide bonds. The zero-order chi connectivity index (χ0) is 34.9. The Bertz CT molecular complexity index is 2620. The predicted octanol–water partition coefficient (Wildman–Crippen LogP) is 7.60. The standard InChI is InChI=1S/C48H32NOSSi2/c1-2-14-36(15-3-1)52-43-22-10-13-25-47(43)53(45-23-11-8-20-41(45)51-42-21-9-12-24-46(42)53)48-32-34(28-31-44(48)52)33-26-29-35(30-27-33)49-37-16-4-6-18-39(37)50-40-19-7-5-17-38(40)49/h1-32H. The third kappa shape index (κ3) is 4.58. The van der Waals surface area contributed by atoms with E-state index in [2.05, 4.69) is 175 Å². The molecular formula is C48H32NOSSi2. The van der Waals surface area contributed by atoms with Gasteiger partial charge in [-0.3, -0.25) is 0 Å². The molecule has 0 N–H and O–H groups in total. The van der Waals surface area contributed by atoms with Crippen molar-refractivity contribution in [1.29, 1.82) is 0 Å². The maximum Gasteiger partial charge on any atom is 0.181 e. The summed E-state index contributed by atoms with van der Waals surface area (Å²) in [5.74, 6) is 1.73. The number of rotatable bonds is 3. The Kier molecular flexibility index (Phi) is 7.02. The van der Waals surface area contributed by atoms with E-state index >= 15 is 0 Å². The van der Waals surface area contributed by atoms with Gasteiger partial charge in [-0.25, -0.2) is 0 Å². The molecule has 0 saturated carbocycles. The molecule has 8 aromatic rings. The first-order chi connectivity index (χ1) is 26.3. The number of benzene rings is 8. The van der Waals surface area contributed by atoms with Crippen LogP contribution in [0.25, 0.3) is 11.1 Å². The molecule has 2 nitrogen and oxygen atoms in total. The van der Waals surface area contributed by atoms with Gasteiger partial charge in [0.2, 0.25) is 0 Å². The smallest absolute Gasteiger partial charge is 0.181 e. The number of fused-ring (bicyclic) bond motifs is 10. The number of nitrogens with zero attached hydrogens (tertiary/aromatic N) is 1. The molecule has 0 atom stereocenters. The number of ether oxygens (including phenoxy) is 1. The first-order valence-corrected chi connectivity index (χ1v) is 22.4. The van der Waals surface area contributed by atoms with E-state index in [1.54, 1.807) is 5.19 Å². The van der Waals surface area contributed by atoms with Crippen molar-refractivity contribution in [3.8, 4) is 22.6 Å². The molecule has 0 unspecified atom stereocenters. The Morgan fingerprint density at radius 3 is 1.64 bits per heavy atom. The topological polar surface area (TPSA) is 12.5 Å². The molecule has 0 aliphatic carbocycles. The molecule has 5 heteroatoms. The van der Waals surface area contributed by atoms with E-state index in [1.165, 1.54) is 52.0 Å². The number of hydrogen-bond acceptors (Lipinski definition) is 3. The summed E-state index contributed by atoms with van der Waals surface area (Å²) in [5, 5.41) is 10.6. The van der Waals surface area contributed by atoms with Gasteiger partial charge in [-0.1, -0.05) is 173 Å². The van der Waals surface area contributed by atoms with Gasteiger partial charge in [0.25, 0.3) is 0 Å². The van der Waals surface area contributed by atoms with E-state index in [0.717, 1.165) is 28.6 Å². The lowest BCUT2D eigenvalue weighted by atomic mass is 10.0. The number of hydrogen-bond donors (Lipinski definition) is 0. The Labute approximate surface area is 316 Å². The Morgan fingerprint density at radius 1 is 0.434 bits per heavy atom. The highest BCUT2D eigenvalue weighted by molar-refractivity contribution is 8.00. The van der Waals surface area contributed by atoms with E-state index in [0.29, 0.717) is 0 Å². The SMILES string of the molecule is c1ccc([Si]2c3ccccc3[Si]3(c4ccccc4Sc4ccccc43)c3cc(-c4ccc(N5c6ccccc6Oc6ccccc65)cc4)ccc32)cc1. The first-order valence-electron chi connectivity index (χ1n) is 18.1. The molecule has 8 aromatic carbocycles. The van der Waals surface area contributed by atoms with Crippen molar-refractivity contribution >= 4 is 82.0 Å². The van der Waals surface area contributed by atoms with E-state index in [-0.39, 0.29) is 0 Å². The minimum absolute atomic E-state index is 0.864. The molecule has 0 aromatic heterocycles. The molecule has 0 fully saturated rings. The summed E-state index contributed by atoms with van der Waals surface area (Å²) in [6.07, 6.45) is 0. The molecule has 3 heterocycles. The largest absolute Gasteiger partial charge is 0.453 e. The predicted molar refractivity (Wildman–Crippen MR) is 225 cm³/mol. The molecule has 0 saturated heterocycles. The first kappa shape index (κ1) is 30.7. The summed E-state index contributed by atoms with van der Waals surface area (Å²) < 4.78 is 6.31. The lowest BCUT2D eigenvalue weighted by molar-refractivity contribution is 0.477. The van der Waals surface area contributed by atoms with Crippen LogP contribution in [0.15, 0.2) is 204 Å². The summed E-state index contributed by atoms with van der Waals surface area (Å²) >= 11 is 1.93. The lowest BCUT2D eigenvalue weighted by Gasteiger charge is -2.46. The highest BCUT2D eigenvalue weighted by Crippen LogP contribution is 2.50. The normalized spacial score (nSPS) is 14.5. The van der Waals surface area contributed by atoms with Crippen LogP contribution in [0.1, 0.15) is 0 Å². The maximum absolute atomic E-state index is 6.31. The highest BCUT2D eigenvalue weighted by Gasteiger charge is 2.53. The van der Waals surface area contributed by atoms with Crippen molar-refractivity contribution < 1.29 is 4.74 Å². The van der Waals surface area contributed by atoms with Crippen LogP contribution in [-0.4, -0.2) is 16.9 Å². The summed E-state index contributed by atoms with van der Waals surface area (Å²) in [4.78, 5) is 5.08. The van der Waals surface area contributed by atoms with Crippen LogP contribution >= 0.6 is 11.8 Å². The Hall–Kier alpha value is -5.86. The maximum atomic E-state index is 6.31. The summed E-state index contributed by atoms with van der Waals surface area (Å²) in [6, 6.07) is 72.3. The highest BCUT2D eigenvalue weighted by atomic mass is 32.2. The molecule has 249 valence electrons. The molecule has 1 radical (unpaired) electrons. The van der Waals surface area contributed by atoms with Crippen LogP contribution in [0.4, 0.5) is 17.1 Å². The molecule has 53 heavy (non-hydrogen) atoms. The zero-order valence-electron chi connectivity index (χ0n) is 28.7. The summed E-state index contributed by atoms with van der Waals surface area (Å²) in [7, 11) is -4.01. The van der Waals surface area contributed by atoms with Crippen LogP contribution in [0, 0.1) is 0 Å². The minimum atomic E-state index is -2.73. The third-order valence-electron chi connectivity index (χ3n) is 11.0. The second-order valence-electron chi connectivity index (χ2n) is 13.8. The molecule has 0 bridgehead atoms. The average Bonchev–Trinajstić information content (AvgIpc) is 3.23. The fourth-order valence-corrected chi connectivity index (χ4v) is 20.5. The quantitative estimate of drug-likeness (QED) is 0.174. The zero-order valence-corrected chi connectivity index (χ0v) is 31.6. The van der Waals surface area contributed by atoms with Gasteiger partial charge in [0.05, 0.1) is 11.4 Å². The van der Waals surface area contributed by atoms with Crippen LogP contribution in [0.5, 0.6) is 11.5 Å². The van der Waals surface area contributed by atoms with Crippen molar-refractivity contribution in [2.45, 2.75) is 9.79 Å². The van der Waals surface area contributed by atoms with Crippen molar-refractivity contribution in [2.24, 2.45) is 0 Å². The van der Waals surface area contributed by atoms with Crippen LogP contribution in [0.2, 0.25) is 0 Å². The molecule has 3 aliphatic heterocycles. The summed E-state index contributed by atoms with van der Waals surface area (Å²) in [5.41, 5.74) is 5.67. The van der Waals surface area contributed by atoms with Crippen LogP contribution < -0.4 is 45.9 Å². The van der Waals surface area contributed by atoms with Gasteiger partial charge in [-0.05, 0) is 80.4 Å². The fraction of sp³-hybridized carbons (Fsp3) is 0. The average molecular weight is 727 g/mol. The van der Waals surface area contributed by atoms with E-state index in [9.17, 15) is 0 Å².